The van der Waals surface area contributed by atoms with Crippen molar-refractivity contribution >= 4 is 39.3 Å². The fraction of sp³-hybridized carbons (Fsp3) is 0.143. The smallest absolute Gasteiger partial charge is 0.162 e. The molecule has 1 N–H and O–H groups in total. The summed E-state index contributed by atoms with van der Waals surface area (Å²) in [7, 11) is 0. The number of hydrogen-bond acceptors (Lipinski definition) is 2. The molecule has 3 nitrogen and oxygen atoms in total. The van der Waals surface area contributed by atoms with Crippen molar-refractivity contribution in [2.24, 2.45) is 0 Å². The van der Waals surface area contributed by atoms with E-state index in [4.69, 9.17) is 11.6 Å². The Kier molecular flexibility index (Phi) is 4.24. The Morgan fingerprint density at radius 3 is 2.72 bits per heavy atom. The van der Waals surface area contributed by atoms with Crippen LogP contribution in [0.3, 0.4) is 0 Å². The van der Waals surface area contributed by atoms with E-state index < -0.39 is 0 Å². The van der Waals surface area contributed by atoms with Gasteiger partial charge in [-0.05, 0) is 36.6 Å². The highest BCUT2D eigenvalue weighted by molar-refractivity contribution is 6.31. The Balaban J connectivity index is 1.51. The first-order valence-electron chi connectivity index (χ1n) is 8.35. The highest BCUT2D eigenvalue weighted by Gasteiger charge is 2.08. The highest BCUT2D eigenvalue weighted by Crippen LogP contribution is 2.27. The predicted octanol–water partition coefficient (Wildman–Crippen LogP) is 5.58. The van der Waals surface area contributed by atoms with Crippen molar-refractivity contribution < 1.29 is 4.79 Å². The van der Waals surface area contributed by atoms with Crippen LogP contribution in [0.1, 0.15) is 28.8 Å². The summed E-state index contributed by atoms with van der Waals surface area (Å²) >= 11 is 6.08. The molecule has 0 bridgehead atoms. The zero-order chi connectivity index (χ0) is 17.2. The maximum Gasteiger partial charge on any atom is 0.162 e. The minimum atomic E-state index is 0.199. The number of nitrogens with one attached hydrogen (secondary N) is 1. The molecule has 4 heteroatoms. The molecular formula is C21H17ClN2O. The van der Waals surface area contributed by atoms with E-state index in [1.54, 1.807) is 6.20 Å². The number of carbonyl (C=O) groups is 1. The Morgan fingerprint density at radius 1 is 1.04 bits per heavy atom. The summed E-state index contributed by atoms with van der Waals surface area (Å²) in [5.41, 5.74) is 3.90. The molecule has 0 fully saturated rings. The summed E-state index contributed by atoms with van der Waals surface area (Å²) in [6, 6.07) is 17.7. The van der Waals surface area contributed by atoms with Crippen molar-refractivity contribution in [3.63, 3.8) is 0 Å². The van der Waals surface area contributed by atoms with E-state index in [0.717, 1.165) is 40.3 Å². The second kappa shape index (κ2) is 6.69. The highest BCUT2D eigenvalue weighted by atomic mass is 35.5. The molecule has 2 aromatic carbocycles. The normalized spacial score (nSPS) is 11.2. The van der Waals surface area contributed by atoms with Gasteiger partial charge in [-0.15, -0.1) is 0 Å². The summed E-state index contributed by atoms with van der Waals surface area (Å²) < 4.78 is 0. The van der Waals surface area contributed by atoms with Crippen LogP contribution in [0.25, 0.3) is 21.9 Å². The number of pyridine rings is 1. The van der Waals surface area contributed by atoms with Crippen LogP contribution in [0.4, 0.5) is 0 Å². The maximum atomic E-state index is 12.2. The molecule has 0 atom stereocenters. The SMILES string of the molecule is O=C(CCCc1ccc2[nH]c3ncc(Cl)cc3c2c1)c1ccccc1. The van der Waals surface area contributed by atoms with E-state index in [0.29, 0.717) is 11.4 Å². The number of carbonyl (C=O) groups excluding carboxylic acids is 1. The standard InChI is InChI=1S/C21H17ClN2O/c22-16-12-18-17-11-14(9-10-19(17)24-21(18)23-13-16)5-4-8-20(25)15-6-2-1-3-7-15/h1-3,6-7,9-13H,4-5,8H2,(H,23,24). The lowest BCUT2D eigenvalue weighted by Gasteiger charge is -2.03. The molecule has 0 amide bonds. The number of hydrogen-bond donors (Lipinski definition) is 1. The average Bonchev–Trinajstić information content (AvgIpc) is 3.00. The number of halogens is 1. The van der Waals surface area contributed by atoms with E-state index in [9.17, 15) is 4.79 Å². The van der Waals surface area contributed by atoms with Gasteiger partial charge >= 0.3 is 0 Å². The molecule has 0 spiro atoms. The molecule has 0 aliphatic heterocycles. The molecule has 2 aromatic heterocycles. The Hall–Kier alpha value is -2.65. The van der Waals surface area contributed by atoms with Crippen LogP contribution in [0.5, 0.6) is 0 Å². The van der Waals surface area contributed by atoms with Gasteiger partial charge < -0.3 is 4.98 Å². The first-order valence-corrected chi connectivity index (χ1v) is 8.72. The molecule has 0 saturated heterocycles. The summed E-state index contributed by atoms with van der Waals surface area (Å²) in [5.74, 6) is 0.199. The second-order valence-corrected chi connectivity index (χ2v) is 6.63. The largest absolute Gasteiger partial charge is 0.339 e. The fourth-order valence-corrected chi connectivity index (χ4v) is 3.33. The summed E-state index contributed by atoms with van der Waals surface area (Å²) in [6.07, 6.45) is 3.91. The van der Waals surface area contributed by atoms with Crippen molar-refractivity contribution in [3.05, 3.63) is 76.9 Å². The molecule has 0 saturated carbocycles. The zero-order valence-electron chi connectivity index (χ0n) is 13.6. The lowest BCUT2D eigenvalue weighted by molar-refractivity contribution is 0.0980. The van der Waals surface area contributed by atoms with Gasteiger partial charge in [0.15, 0.2) is 5.78 Å². The third kappa shape index (κ3) is 3.28. The van der Waals surface area contributed by atoms with Gasteiger partial charge in [0.1, 0.15) is 5.65 Å². The number of aromatic amines is 1. The van der Waals surface area contributed by atoms with Crippen LogP contribution < -0.4 is 0 Å². The predicted molar refractivity (Wildman–Crippen MR) is 102 cm³/mol. The van der Waals surface area contributed by atoms with Gasteiger partial charge in [-0.1, -0.05) is 48.0 Å². The van der Waals surface area contributed by atoms with E-state index in [-0.39, 0.29) is 5.78 Å². The first-order chi connectivity index (χ1) is 12.2. The van der Waals surface area contributed by atoms with Crippen molar-refractivity contribution in [1.82, 2.24) is 9.97 Å². The number of ketones is 1. The maximum absolute atomic E-state index is 12.2. The minimum Gasteiger partial charge on any atom is -0.339 e. The van der Waals surface area contributed by atoms with Gasteiger partial charge in [-0.25, -0.2) is 4.98 Å². The molecule has 25 heavy (non-hydrogen) atoms. The Labute approximate surface area is 150 Å². The van der Waals surface area contributed by atoms with Crippen LogP contribution >= 0.6 is 11.6 Å². The van der Waals surface area contributed by atoms with Gasteiger partial charge in [0.2, 0.25) is 0 Å². The summed E-state index contributed by atoms with van der Waals surface area (Å²) in [4.78, 5) is 19.8. The summed E-state index contributed by atoms with van der Waals surface area (Å²) in [6.45, 7) is 0. The lowest BCUT2D eigenvalue weighted by Crippen LogP contribution is -1.99. The van der Waals surface area contributed by atoms with E-state index in [1.807, 2.05) is 36.4 Å². The molecule has 124 valence electrons. The Morgan fingerprint density at radius 2 is 1.88 bits per heavy atom. The molecule has 2 heterocycles. The van der Waals surface area contributed by atoms with E-state index in [2.05, 4.69) is 28.2 Å². The number of fused-ring (bicyclic) bond motifs is 3. The number of nitrogens with zero attached hydrogens (tertiary/aromatic N) is 1. The van der Waals surface area contributed by atoms with Crippen LogP contribution in [-0.4, -0.2) is 15.8 Å². The third-order valence-electron chi connectivity index (χ3n) is 4.45. The molecule has 4 rings (SSSR count). The fourth-order valence-electron chi connectivity index (χ4n) is 3.17. The lowest BCUT2D eigenvalue weighted by atomic mass is 10.0. The monoisotopic (exact) mass is 348 g/mol. The topological polar surface area (TPSA) is 45.8 Å². The number of benzene rings is 2. The number of H-pyrrole nitrogens is 1. The molecule has 0 radical (unpaired) electrons. The van der Waals surface area contributed by atoms with Crippen molar-refractivity contribution in [2.45, 2.75) is 19.3 Å². The van der Waals surface area contributed by atoms with Gasteiger partial charge in [0.25, 0.3) is 0 Å². The number of aromatic nitrogens is 2. The molecule has 0 unspecified atom stereocenters. The molecule has 0 aliphatic carbocycles. The Bertz CT molecular complexity index is 1050. The number of rotatable bonds is 5. The third-order valence-corrected chi connectivity index (χ3v) is 4.65. The van der Waals surface area contributed by atoms with Crippen LogP contribution in [0, 0.1) is 0 Å². The van der Waals surface area contributed by atoms with Crippen molar-refractivity contribution in [3.8, 4) is 0 Å². The summed E-state index contributed by atoms with van der Waals surface area (Å²) in [5, 5.41) is 2.79. The van der Waals surface area contributed by atoms with Crippen LogP contribution in [0.15, 0.2) is 60.8 Å². The zero-order valence-corrected chi connectivity index (χ0v) is 14.4. The molecular weight excluding hydrogens is 332 g/mol. The van der Waals surface area contributed by atoms with Crippen LogP contribution in [0.2, 0.25) is 5.02 Å². The van der Waals surface area contributed by atoms with E-state index in [1.165, 1.54) is 5.56 Å². The van der Waals surface area contributed by atoms with Crippen LogP contribution in [-0.2, 0) is 6.42 Å². The van der Waals surface area contributed by atoms with Gasteiger partial charge in [-0.2, -0.15) is 0 Å². The average molecular weight is 349 g/mol. The number of aryl methyl sites for hydroxylation is 1. The number of Topliss-reactive ketones (excluding diaryl/α,β-unsaturated/α-hetero) is 1. The van der Waals surface area contributed by atoms with E-state index >= 15 is 0 Å². The van der Waals surface area contributed by atoms with Gasteiger partial charge in [-0.3, -0.25) is 4.79 Å². The van der Waals surface area contributed by atoms with Gasteiger partial charge in [0.05, 0.1) is 5.02 Å². The molecule has 0 aliphatic rings. The second-order valence-electron chi connectivity index (χ2n) is 6.20. The van der Waals surface area contributed by atoms with Crippen molar-refractivity contribution in [1.29, 1.82) is 0 Å². The van der Waals surface area contributed by atoms with Gasteiger partial charge in [0, 0.05) is 34.5 Å². The van der Waals surface area contributed by atoms with Crippen molar-refractivity contribution in [2.75, 3.05) is 0 Å². The molecule has 4 aromatic rings. The quantitative estimate of drug-likeness (QED) is 0.479. The first kappa shape index (κ1) is 15.9. The minimum absolute atomic E-state index is 0.199.